The predicted octanol–water partition coefficient (Wildman–Crippen LogP) is 3.27. The molecule has 1 aromatic carbocycles. The van der Waals surface area contributed by atoms with E-state index in [0.717, 1.165) is 53.0 Å². The molecule has 188 valence electrons. The van der Waals surface area contributed by atoms with Gasteiger partial charge < -0.3 is 19.4 Å². The summed E-state index contributed by atoms with van der Waals surface area (Å²) in [4.78, 5) is 32.3. The smallest absolute Gasteiger partial charge is 0.319 e. The predicted molar refractivity (Wildman–Crippen MR) is 143 cm³/mol. The van der Waals surface area contributed by atoms with Gasteiger partial charge in [0.1, 0.15) is 11.5 Å². The molecule has 1 aromatic heterocycles. The zero-order valence-corrected chi connectivity index (χ0v) is 20.9. The quantitative estimate of drug-likeness (QED) is 0.479. The fourth-order valence-corrected chi connectivity index (χ4v) is 5.19. The van der Waals surface area contributed by atoms with E-state index in [2.05, 4.69) is 51.4 Å². The van der Waals surface area contributed by atoms with Gasteiger partial charge in [0.15, 0.2) is 0 Å². The minimum absolute atomic E-state index is 0.154. The summed E-state index contributed by atoms with van der Waals surface area (Å²) in [5.41, 5.74) is 6.42. The van der Waals surface area contributed by atoms with Crippen LogP contribution in [0.3, 0.4) is 0 Å². The monoisotopic (exact) mass is 495 g/mol. The molecule has 37 heavy (non-hydrogen) atoms. The van der Waals surface area contributed by atoms with Crippen molar-refractivity contribution in [3.63, 3.8) is 0 Å². The molecule has 0 radical (unpaired) electrons. The molecule has 0 spiro atoms. The number of carbonyl (C=O) groups is 1. The first-order valence-corrected chi connectivity index (χ1v) is 12.4. The van der Waals surface area contributed by atoms with Crippen molar-refractivity contribution < 1.29 is 9.53 Å². The third-order valence-corrected chi connectivity index (χ3v) is 6.94. The van der Waals surface area contributed by atoms with Crippen molar-refractivity contribution in [1.82, 2.24) is 14.8 Å². The van der Waals surface area contributed by atoms with Crippen LogP contribution < -0.4 is 4.90 Å². The first kappa shape index (κ1) is 24.3. The minimum Gasteiger partial charge on any atom is -0.467 e. The van der Waals surface area contributed by atoms with Crippen LogP contribution in [0.25, 0.3) is 10.8 Å². The number of nitriles is 1. The van der Waals surface area contributed by atoms with Crippen molar-refractivity contribution in [2.75, 3.05) is 44.7 Å². The van der Waals surface area contributed by atoms with Crippen LogP contribution in [-0.4, -0.2) is 78.4 Å². The molecule has 1 unspecified atom stereocenters. The van der Waals surface area contributed by atoms with Gasteiger partial charge in [0.25, 0.3) is 0 Å². The Morgan fingerprint density at radius 1 is 1.27 bits per heavy atom. The molecule has 0 aliphatic carbocycles. The highest BCUT2D eigenvalue weighted by molar-refractivity contribution is 6.05. The topological polar surface area (TPSA) is 97.4 Å². The maximum Gasteiger partial charge on any atom is 0.319 e. The number of rotatable bonds is 3. The van der Waals surface area contributed by atoms with Gasteiger partial charge in [0, 0.05) is 60.6 Å². The fraction of sp³-hybridized carbons (Fsp3) is 0.357. The summed E-state index contributed by atoms with van der Waals surface area (Å²) in [5, 5.41) is 11.6. The van der Waals surface area contributed by atoms with Crippen LogP contribution in [0.1, 0.15) is 19.3 Å². The fourth-order valence-electron chi connectivity index (χ4n) is 5.19. The average molecular weight is 496 g/mol. The van der Waals surface area contributed by atoms with E-state index in [1.54, 1.807) is 12.0 Å². The van der Waals surface area contributed by atoms with Crippen LogP contribution in [0.2, 0.25) is 0 Å². The third kappa shape index (κ3) is 4.97. The molecule has 1 saturated heterocycles. The lowest BCUT2D eigenvalue weighted by Crippen LogP contribution is -2.56. The lowest BCUT2D eigenvalue weighted by molar-refractivity contribution is -0.129. The van der Waals surface area contributed by atoms with E-state index < -0.39 is 0 Å². The number of hydrogen-bond acceptors (Lipinski definition) is 8. The highest BCUT2D eigenvalue weighted by atomic mass is 16.5. The van der Waals surface area contributed by atoms with Gasteiger partial charge in [-0.2, -0.15) is 15.2 Å². The van der Waals surface area contributed by atoms with Crippen LogP contribution in [-0.2, 0) is 9.53 Å². The zero-order valence-electron chi connectivity index (χ0n) is 20.9. The Morgan fingerprint density at radius 3 is 2.97 bits per heavy atom. The van der Waals surface area contributed by atoms with E-state index in [1.165, 1.54) is 6.08 Å². The second kappa shape index (κ2) is 10.7. The molecular formula is C28H29N7O2. The van der Waals surface area contributed by atoms with Gasteiger partial charge in [-0.1, -0.05) is 24.4 Å². The number of benzene rings is 1. The number of anilines is 1. The molecule has 0 N–H and O–H groups in total. The zero-order chi connectivity index (χ0) is 25.8. The number of nitrogens with zero attached hydrogens (tertiary/aromatic N) is 7. The summed E-state index contributed by atoms with van der Waals surface area (Å²) in [6, 6.07) is 10.6. The van der Waals surface area contributed by atoms with Crippen molar-refractivity contribution in [3.8, 4) is 6.07 Å². The van der Waals surface area contributed by atoms with Crippen molar-refractivity contribution >= 4 is 34.2 Å². The Labute approximate surface area is 216 Å². The molecule has 1 amide bonds. The number of fused-ring (bicyclic) bond motifs is 1. The maximum atomic E-state index is 12.4. The number of aromatic nitrogens is 1. The molecule has 2 bridgehead atoms. The highest BCUT2D eigenvalue weighted by Crippen LogP contribution is 2.29. The molecule has 5 rings (SSSR count). The van der Waals surface area contributed by atoms with Crippen LogP contribution in [0, 0.1) is 11.3 Å². The molecule has 9 nitrogen and oxygen atoms in total. The molecule has 1 atom stereocenters. The number of amides is 1. The molecule has 9 heteroatoms. The molecule has 1 fully saturated rings. The molecule has 3 aliphatic rings. The molecular weight excluding hydrogens is 466 g/mol. The normalized spacial score (nSPS) is 19.9. The van der Waals surface area contributed by atoms with Gasteiger partial charge in [-0.15, -0.1) is 0 Å². The number of carbonyl (C=O) groups excluding carboxylic acids is 1. The van der Waals surface area contributed by atoms with E-state index in [-0.39, 0.29) is 24.4 Å². The maximum absolute atomic E-state index is 12.4. The van der Waals surface area contributed by atoms with E-state index >= 15 is 0 Å². The van der Waals surface area contributed by atoms with Crippen molar-refractivity contribution in [2.24, 2.45) is 9.98 Å². The first-order chi connectivity index (χ1) is 18.1. The van der Waals surface area contributed by atoms with Crippen molar-refractivity contribution in [1.29, 1.82) is 5.26 Å². The molecule has 0 saturated carbocycles. The number of hydrogen-bond donors (Lipinski definition) is 0. The number of amidine groups is 2. The van der Waals surface area contributed by atoms with Crippen LogP contribution >= 0.6 is 0 Å². The van der Waals surface area contributed by atoms with Crippen molar-refractivity contribution in [3.05, 3.63) is 66.3 Å². The number of ether oxygens (including phenoxy) is 1. The van der Waals surface area contributed by atoms with Crippen LogP contribution in [0.4, 0.5) is 5.69 Å². The van der Waals surface area contributed by atoms with Crippen LogP contribution in [0.15, 0.2) is 76.3 Å². The summed E-state index contributed by atoms with van der Waals surface area (Å²) in [5.74, 6) is 0.604. The van der Waals surface area contributed by atoms with Gasteiger partial charge in [-0.25, -0.2) is 0 Å². The Balaban J connectivity index is 1.47. The van der Waals surface area contributed by atoms with Gasteiger partial charge >= 0.3 is 6.02 Å². The number of aliphatic imine (C=N–C) groups is 2. The summed E-state index contributed by atoms with van der Waals surface area (Å²) in [6.45, 7) is 6.61. The van der Waals surface area contributed by atoms with Gasteiger partial charge in [0.05, 0.1) is 32.2 Å². The first-order valence-electron chi connectivity index (χ1n) is 12.4. The standard InChI is InChI=1S/C28H29N7O2/c1-3-26(36)35-15-14-34(19-23(35)9-11-29)27-20-7-5-13-33(18-22(16-20)31-28(32-27)37-2)25-8-4-6-21-17-30-12-10-24(21)25/h3-4,6,8,10,12,17,23H,1,5,7,9,13-15,18-19H2,2H3. The molecule has 3 aliphatic heterocycles. The average Bonchev–Trinajstić information content (AvgIpc) is 3.11. The number of methoxy groups -OCH3 is 1. The second-order valence-corrected chi connectivity index (χ2v) is 9.18. The van der Waals surface area contributed by atoms with E-state index in [1.807, 2.05) is 18.5 Å². The highest BCUT2D eigenvalue weighted by Gasteiger charge is 2.33. The Kier molecular flexibility index (Phi) is 7.02. The molecule has 2 aromatic rings. The van der Waals surface area contributed by atoms with Gasteiger partial charge in [-0.3, -0.25) is 9.78 Å². The largest absolute Gasteiger partial charge is 0.467 e. The third-order valence-electron chi connectivity index (χ3n) is 6.94. The summed E-state index contributed by atoms with van der Waals surface area (Å²) in [7, 11) is 1.57. The number of pyridine rings is 1. The summed E-state index contributed by atoms with van der Waals surface area (Å²) < 4.78 is 5.55. The van der Waals surface area contributed by atoms with Crippen LogP contribution in [0.5, 0.6) is 0 Å². The SMILES string of the molecule is C=CC(=O)N1CCN(C2=NC(OC)=NC3=C=C2CCCN(c2cccc4cnccc24)C3)CC1CC#N. The van der Waals surface area contributed by atoms with Gasteiger partial charge in [-0.05, 0) is 31.1 Å². The van der Waals surface area contributed by atoms with E-state index in [4.69, 9.17) is 14.7 Å². The number of piperazine rings is 1. The van der Waals surface area contributed by atoms with E-state index in [9.17, 15) is 10.1 Å². The van der Waals surface area contributed by atoms with Gasteiger partial charge in [0.2, 0.25) is 5.91 Å². The van der Waals surface area contributed by atoms with Crippen molar-refractivity contribution in [2.45, 2.75) is 25.3 Å². The Morgan fingerprint density at radius 2 is 2.16 bits per heavy atom. The Bertz CT molecular complexity index is 1390. The minimum atomic E-state index is -0.243. The Hall–Kier alpha value is -4.41. The summed E-state index contributed by atoms with van der Waals surface area (Å²) >= 11 is 0. The molecule has 4 heterocycles. The van der Waals surface area contributed by atoms with E-state index in [0.29, 0.717) is 26.2 Å². The lowest BCUT2D eigenvalue weighted by Gasteiger charge is -2.41. The second-order valence-electron chi connectivity index (χ2n) is 9.18. The lowest BCUT2D eigenvalue weighted by atomic mass is 10.0. The summed E-state index contributed by atoms with van der Waals surface area (Å²) in [6.07, 6.45) is 6.94.